The van der Waals surface area contributed by atoms with E-state index in [9.17, 15) is 18.0 Å². The van der Waals surface area contributed by atoms with Crippen LogP contribution in [0.3, 0.4) is 0 Å². The van der Waals surface area contributed by atoms with Gasteiger partial charge in [-0.3, -0.25) is 9.69 Å². The molecule has 1 saturated heterocycles. The molecular formula is C24H30F3N3O2. The fraction of sp³-hybridized carbons (Fsp3) is 0.500. The molecule has 1 aromatic carbocycles. The second-order valence-electron chi connectivity index (χ2n) is 8.52. The standard InChI is InChI=1S/C24H30F3N3O2/c1-3-4-5-21-16-29(15-19-11-17(2)10-18(12-19)13-23(31)32)8-9-30(21)22-7-6-20(14-28-22)24(25,26)27/h6-7,10-12,14,21H,3-5,8-9,13,15-16H2,1-2H3,(H,31,32)/t21-/m0/s1. The fourth-order valence-corrected chi connectivity index (χ4v) is 4.35. The number of alkyl halides is 3. The van der Waals surface area contributed by atoms with E-state index >= 15 is 0 Å². The molecule has 5 nitrogen and oxygen atoms in total. The third-order valence-electron chi connectivity index (χ3n) is 5.79. The van der Waals surface area contributed by atoms with Crippen LogP contribution in [0.5, 0.6) is 0 Å². The van der Waals surface area contributed by atoms with E-state index in [0.29, 0.717) is 18.9 Å². The predicted octanol–water partition coefficient (Wildman–Crippen LogP) is 4.92. The lowest BCUT2D eigenvalue weighted by molar-refractivity contribution is -0.138. The molecule has 174 valence electrons. The maximum Gasteiger partial charge on any atom is 0.417 e. The van der Waals surface area contributed by atoms with Gasteiger partial charge in [-0.25, -0.2) is 4.98 Å². The highest BCUT2D eigenvalue weighted by atomic mass is 19.4. The summed E-state index contributed by atoms with van der Waals surface area (Å²) in [5, 5.41) is 9.10. The zero-order chi connectivity index (χ0) is 23.3. The zero-order valence-corrected chi connectivity index (χ0v) is 18.5. The molecular weight excluding hydrogens is 419 g/mol. The van der Waals surface area contributed by atoms with Gasteiger partial charge in [0.2, 0.25) is 0 Å². The Morgan fingerprint density at radius 3 is 2.56 bits per heavy atom. The van der Waals surface area contributed by atoms with E-state index in [4.69, 9.17) is 5.11 Å². The normalized spacial score (nSPS) is 17.5. The van der Waals surface area contributed by atoms with Crippen LogP contribution in [0.25, 0.3) is 0 Å². The lowest BCUT2D eigenvalue weighted by Crippen LogP contribution is -2.53. The van der Waals surface area contributed by atoms with E-state index in [1.165, 1.54) is 6.07 Å². The summed E-state index contributed by atoms with van der Waals surface area (Å²) in [4.78, 5) is 19.7. The Hall–Kier alpha value is -2.61. The van der Waals surface area contributed by atoms with E-state index in [0.717, 1.165) is 61.3 Å². The minimum atomic E-state index is -4.39. The van der Waals surface area contributed by atoms with Crippen molar-refractivity contribution in [3.8, 4) is 0 Å². The molecule has 0 radical (unpaired) electrons. The molecule has 1 fully saturated rings. The minimum absolute atomic E-state index is 0.00116. The maximum absolute atomic E-state index is 12.9. The van der Waals surface area contributed by atoms with Crippen molar-refractivity contribution >= 4 is 11.8 Å². The summed E-state index contributed by atoms with van der Waals surface area (Å²) >= 11 is 0. The van der Waals surface area contributed by atoms with Crippen molar-refractivity contribution < 1.29 is 23.1 Å². The van der Waals surface area contributed by atoms with Crippen LogP contribution >= 0.6 is 0 Å². The van der Waals surface area contributed by atoms with Gasteiger partial charge >= 0.3 is 12.1 Å². The largest absolute Gasteiger partial charge is 0.481 e. The van der Waals surface area contributed by atoms with Gasteiger partial charge in [0.1, 0.15) is 5.82 Å². The lowest BCUT2D eigenvalue weighted by Gasteiger charge is -2.42. The number of aryl methyl sites for hydroxylation is 1. The van der Waals surface area contributed by atoms with Crippen LogP contribution < -0.4 is 4.90 Å². The van der Waals surface area contributed by atoms with Crippen molar-refractivity contribution in [2.75, 3.05) is 24.5 Å². The summed E-state index contributed by atoms with van der Waals surface area (Å²) in [5.41, 5.74) is 2.18. The number of hydrogen-bond acceptors (Lipinski definition) is 4. The van der Waals surface area contributed by atoms with Crippen molar-refractivity contribution in [3.63, 3.8) is 0 Å². The highest BCUT2D eigenvalue weighted by molar-refractivity contribution is 5.70. The molecule has 1 aliphatic rings. The van der Waals surface area contributed by atoms with Crippen LogP contribution in [0.2, 0.25) is 0 Å². The summed E-state index contributed by atoms with van der Waals surface area (Å²) < 4.78 is 38.7. The number of piperazine rings is 1. The highest BCUT2D eigenvalue weighted by Gasteiger charge is 2.32. The number of nitrogens with zero attached hydrogens (tertiary/aromatic N) is 3. The van der Waals surface area contributed by atoms with Gasteiger partial charge in [-0.1, -0.05) is 43.5 Å². The third-order valence-corrected chi connectivity index (χ3v) is 5.79. The number of carboxylic acid groups (broad SMARTS) is 1. The van der Waals surface area contributed by atoms with Crippen LogP contribution in [0.1, 0.15) is 48.4 Å². The SMILES string of the molecule is CCCC[C@H]1CN(Cc2cc(C)cc(CC(=O)O)c2)CCN1c1ccc(C(F)(F)F)cn1. The molecule has 0 aliphatic carbocycles. The molecule has 3 rings (SSSR count). The molecule has 0 spiro atoms. The van der Waals surface area contributed by atoms with E-state index in [1.807, 2.05) is 19.1 Å². The molecule has 1 aliphatic heterocycles. The van der Waals surface area contributed by atoms with Crippen molar-refractivity contribution in [3.05, 3.63) is 58.8 Å². The molecule has 0 amide bonds. The van der Waals surface area contributed by atoms with Gasteiger partial charge in [-0.2, -0.15) is 13.2 Å². The number of benzene rings is 1. The first-order valence-corrected chi connectivity index (χ1v) is 11.0. The quantitative estimate of drug-likeness (QED) is 0.620. The molecule has 8 heteroatoms. The number of unbranched alkanes of at least 4 members (excludes halogenated alkanes) is 1. The zero-order valence-electron chi connectivity index (χ0n) is 18.5. The molecule has 1 N–H and O–H groups in total. The Balaban J connectivity index is 1.73. The summed E-state index contributed by atoms with van der Waals surface area (Å²) in [7, 11) is 0. The van der Waals surface area contributed by atoms with Gasteiger partial charge < -0.3 is 10.0 Å². The summed E-state index contributed by atoms with van der Waals surface area (Å²) in [6.07, 6.45) is -0.465. The van der Waals surface area contributed by atoms with Crippen LogP contribution in [-0.2, 0) is 23.9 Å². The molecule has 32 heavy (non-hydrogen) atoms. The Labute approximate surface area is 186 Å². The summed E-state index contributed by atoms with van der Waals surface area (Å²) in [6.45, 7) is 7.02. The molecule has 0 saturated carbocycles. The molecule has 1 atom stereocenters. The average molecular weight is 450 g/mol. The van der Waals surface area contributed by atoms with Gasteiger partial charge in [0.15, 0.2) is 0 Å². The highest BCUT2D eigenvalue weighted by Crippen LogP contribution is 2.30. The van der Waals surface area contributed by atoms with Gasteiger partial charge in [0.25, 0.3) is 0 Å². The van der Waals surface area contributed by atoms with Crippen LogP contribution in [0, 0.1) is 6.92 Å². The number of carboxylic acids is 1. The summed E-state index contributed by atoms with van der Waals surface area (Å²) in [6, 6.07) is 8.66. The van der Waals surface area contributed by atoms with E-state index in [1.54, 1.807) is 0 Å². The molecule has 2 heterocycles. The van der Waals surface area contributed by atoms with E-state index in [-0.39, 0.29) is 12.5 Å². The number of aromatic nitrogens is 1. The molecule has 0 unspecified atom stereocenters. The van der Waals surface area contributed by atoms with Crippen LogP contribution in [0.15, 0.2) is 36.5 Å². The van der Waals surface area contributed by atoms with Crippen LogP contribution in [-0.4, -0.2) is 46.6 Å². The second-order valence-corrected chi connectivity index (χ2v) is 8.52. The Bertz CT molecular complexity index is 916. The van der Waals surface area contributed by atoms with Crippen LogP contribution in [0.4, 0.5) is 19.0 Å². The lowest BCUT2D eigenvalue weighted by atomic mass is 10.0. The first-order valence-electron chi connectivity index (χ1n) is 11.0. The fourth-order valence-electron chi connectivity index (χ4n) is 4.35. The minimum Gasteiger partial charge on any atom is -0.481 e. The Kier molecular flexibility index (Phi) is 7.77. The van der Waals surface area contributed by atoms with E-state index < -0.39 is 17.7 Å². The van der Waals surface area contributed by atoms with Gasteiger partial charge in [0.05, 0.1) is 12.0 Å². The van der Waals surface area contributed by atoms with Crippen molar-refractivity contribution in [2.45, 2.75) is 58.3 Å². The first kappa shape index (κ1) is 24.0. The number of carbonyl (C=O) groups is 1. The number of anilines is 1. The van der Waals surface area contributed by atoms with Crippen molar-refractivity contribution in [2.24, 2.45) is 0 Å². The second kappa shape index (κ2) is 10.3. The van der Waals surface area contributed by atoms with Gasteiger partial charge in [-0.15, -0.1) is 0 Å². The topological polar surface area (TPSA) is 56.7 Å². The van der Waals surface area contributed by atoms with Gasteiger partial charge in [0, 0.05) is 38.4 Å². The number of halogens is 3. The van der Waals surface area contributed by atoms with Gasteiger partial charge in [-0.05, 0) is 36.6 Å². The van der Waals surface area contributed by atoms with Crippen molar-refractivity contribution in [1.82, 2.24) is 9.88 Å². The molecule has 1 aromatic heterocycles. The predicted molar refractivity (Wildman–Crippen MR) is 118 cm³/mol. The smallest absolute Gasteiger partial charge is 0.417 e. The first-order chi connectivity index (χ1) is 15.2. The number of rotatable bonds is 8. The van der Waals surface area contributed by atoms with E-state index in [2.05, 4.69) is 27.8 Å². The molecule has 2 aromatic rings. The number of aliphatic carboxylic acids is 1. The monoisotopic (exact) mass is 449 g/mol. The molecule has 0 bridgehead atoms. The third kappa shape index (κ3) is 6.45. The Morgan fingerprint density at radius 1 is 1.19 bits per heavy atom. The number of pyridine rings is 1. The maximum atomic E-state index is 12.9. The Morgan fingerprint density at radius 2 is 1.94 bits per heavy atom. The summed E-state index contributed by atoms with van der Waals surface area (Å²) in [5.74, 6) is -0.267. The number of hydrogen-bond donors (Lipinski definition) is 1. The van der Waals surface area contributed by atoms with Crippen molar-refractivity contribution in [1.29, 1.82) is 0 Å². The average Bonchev–Trinajstić information content (AvgIpc) is 2.71.